The van der Waals surface area contributed by atoms with Crippen LogP contribution < -0.4 is 5.73 Å². The average molecular weight is 301 g/mol. The summed E-state index contributed by atoms with van der Waals surface area (Å²) in [5.74, 6) is 0. The predicted octanol–water partition coefficient (Wildman–Crippen LogP) is 4.52. The number of unbranched alkanes of at least 4 members (excludes halogenated alkanes) is 3. The molecule has 19 heavy (non-hydrogen) atoms. The molecule has 0 heterocycles. The van der Waals surface area contributed by atoms with Gasteiger partial charge < -0.3 is 5.73 Å². The first kappa shape index (κ1) is 16.5. The molecule has 0 spiro atoms. The zero-order valence-corrected chi connectivity index (χ0v) is 13.0. The molecule has 0 bridgehead atoms. The number of halogens is 2. The van der Waals surface area contributed by atoms with Gasteiger partial charge >= 0.3 is 0 Å². The van der Waals surface area contributed by atoms with E-state index in [2.05, 4.69) is 11.9 Å². The molecular weight excluding hydrogens is 279 g/mol. The Morgan fingerprint density at radius 1 is 1.16 bits per heavy atom. The molecule has 0 atom stereocenters. The summed E-state index contributed by atoms with van der Waals surface area (Å²) in [5, 5.41) is 1.16. The van der Waals surface area contributed by atoms with Gasteiger partial charge in [0.1, 0.15) is 0 Å². The van der Waals surface area contributed by atoms with Crippen molar-refractivity contribution in [2.75, 3.05) is 13.1 Å². The molecule has 1 rings (SSSR count). The molecule has 0 fully saturated rings. The van der Waals surface area contributed by atoms with Crippen molar-refractivity contribution in [3.63, 3.8) is 0 Å². The van der Waals surface area contributed by atoms with Crippen LogP contribution in [0.5, 0.6) is 0 Å². The molecule has 106 valence electrons. The van der Waals surface area contributed by atoms with Crippen molar-refractivity contribution in [1.29, 1.82) is 0 Å². The maximum absolute atomic E-state index is 6.00. The van der Waals surface area contributed by atoms with E-state index in [0.29, 0.717) is 16.6 Å². The lowest BCUT2D eigenvalue weighted by Gasteiger charge is -2.06. The Hall–Kier alpha value is -0.570. The molecule has 1 aromatic rings. The van der Waals surface area contributed by atoms with Crippen molar-refractivity contribution in [3.8, 4) is 0 Å². The highest BCUT2D eigenvalue weighted by Gasteiger charge is 2.03. The number of aliphatic imine (C=N–C) groups is 1. The second-order valence-electron chi connectivity index (χ2n) is 4.64. The molecule has 1 aromatic carbocycles. The first-order valence-corrected chi connectivity index (χ1v) is 7.59. The van der Waals surface area contributed by atoms with E-state index >= 15 is 0 Å². The van der Waals surface area contributed by atoms with E-state index < -0.39 is 0 Å². The van der Waals surface area contributed by atoms with Crippen LogP contribution >= 0.6 is 23.2 Å². The summed E-state index contributed by atoms with van der Waals surface area (Å²) >= 11 is 11.9. The van der Waals surface area contributed by atoms with Gasteiger partial charge in [-0.05, 0) is 24.1 Å². The first-order chi connectivity index (χ1) is 9.17. The van der Waals surface area contributed by atoms with Gasteiger partial charge in [0.2, 0.25) is 0 Å². The van der Waals surface area contributed by atoms with Crippen LogP contribution in [0.2, 0.25) is 10.0 Å². The lowest BCUT2D eigenvalue weighted by molar-refractivity contribution is 0.674. The van der Waals surface area contributed by atoms with E-state index in [1.165, 1.54) is 19.3 Å². The summed E-state index contributed by atoms with van der Waals surface area (Å²) < 4.78 is 0. The van der Waals surface area contributed by atoms with Crippen molar-refractivity contribution >= 4 is 28.9 Å². The zero-order chi connectivity index (χ0) is 14.1. The van der Waals surface area contributed by atoms with Gasteiger partial charge in [-0.1, -0.05) is 55.5 Å². The molecule has 0 aliphatic carbocycles. The van der Waals surface area contributed by atoms with Crippen molar-refractivity contribution < 1.29 is 0 Å². The van der Waals surface area contributed by atoms with Crippen LogP contribution in [0.15, 0.2) is 23.2 Å². The number of nitrogens with zero attached hydrogens (tertiary/aromatic N) is 1. The fraction of sp³-hybridized carbons (Fsp3) is 0.533. The summed E-state index contributed by atoms with van der Waals surface area (Å²) in [4.78, 5) is 4.58. The summed E-state index contributed by atoms with van der Waals surface area (Å²) in [6, 6.07) is 5.66. The molecule has 0 saturated heterocycles. The van der Waals surface area contributed by atoms with E-state index in [-0.39, 0.29) is 0 Å². The van der Waals surface area contributed by atoms with Gasteiger partial charge in [-0.15, -0.1) is 0 Å². The third-order valence-corrected chi connectivity index (χ3v) is 3.71. The summed E-state index contributed by atoms with van der Waals surface area (Å²) in [6.07, 6.45) is 5.65. The summed E-state index contributed by atoms with van der Waals surface area (Å²) in [7, 11) is 0. The van der Waals surface area contributed by atoms with Gasteiger partial charge in [-0.3, -0.25) is 4.99 Å². The second kappa shape index (κ2) is 9.35. The van der Waals surface area contributed by atoms with Crippen LogP contribution in [0, 0.1) is 0 Å². The Kier molecular flexibility index (Phi) is 8.11. The molecule has 0 radical (unpaired) electrons. The lowest BCUT2D eigenvalue weighted by atomic mass is 10.1. The summed E-state index contributed by atoms with van der Waals surface area (Å²) in [5.41, 5.74) is 7.87. The number of rotatable bonds is 8. The van der Waals surface area contributed by atoms with Crippen LogP contribution in [-0.4, -0.2) is 18.8 Å². The largest absolute Gasteiger partial charge is 0.325 e. The fourth-order valence-electron chi connectivity index (χ4n) is 1.85. The van der Waals surface area contributed by atoms with E-state index in [9.17, 15) is 0 Å². The topological polar surface area (TPSA) is 38.4 Å². The highest BCUT2D eigenvalue weighted by molar-refractivity contribution is 6.42. The molecule has 4 heteroatoms. The molecule has 0 aliphatic heterocycles. The monoisotopic (exact) mass is 300 g/mol. The minimum absolute atomic E-state index is 0.494. The van der Waals surface area contributed by atoms with Gasteiger partial charge in [0.25, 0.3) is 0 Å². The SMILES string of the molecule is CCCCCCN=C(CN)Cc1ccc(Cl)c(Cl)c1. The van der Waals surface area contributed by atoms with Crippen molar-refractivity contribution in [2.24, 2.45) is 10.7 Å². The fourth-order valence-corrected chi connectivity index (χ4v) is 2.17. The van der Waals surface area contributed by atoms with E-state index in [1.807, 2.05) is 18.2 Å². The molecule has 0 saturated carbocycles. The number of hydrogen-bond donors (Lipinski definition) is 1. The Balaban J connectivity index is 2.50. The normalized spacial score (nSPS) is 11.9. The minimum Gasteiger partial charge on any atom is -0.325 e. The Labute approximate surface area is 126 Å². The molecule has 0 unspecified atom stereocenters. The maximum atomic E-state index is 6.00. The van der Waals surface area contributed by atoms with Gasteiger partial charge in [0.05, 0.1) is 10.0 Å². The molecular formula is C15H22Cl2N2. The third-order valence-electron chi connectivity index (χ3n) is 2.97. The smallest absolute Gasteiger partial charge is 0.0595 e. The van der Waals surface area contributed by atoms with Crippen molar-refractivity contribution in [1.82, 2.24) is 0 Å². The Morgan fingerprint density at radius 2 is 1.95 bits per heavy atom. The Morgan fingerprint density at radius 3 is 2.58 bits per heavy atom. The Bertz CT molecular complexity index is 417. The minimum atomic E-state index is 0.494. The van der Waals surface area contributed by atoms with Crippen LogP contribution in [0.25, 0.3) is 0 Å². The van der Waals surface area contributed by atoms with Crippen LogP contribution in [0.3, 0.4) is 0 Å². The van der Waals surface area contributed by atoms with Gasteiger partial charge in [-0.25, -0.2) is 0 Å². The van der Waals surface area contributed by atoms with E-state index in [1.54, 1.807) is 0 Å². The maximum Gasteiger partial charge on any atom is 0.0595 e. The van der Waals surface area contributed by atoms with Crippen LogP contribution in [-0.2, 0) is 6.42 Å². The van der Waals surface area contributed by atoms with Crippen molar-refractivity contribution in [2.45, 2.75) is 39.0 Å². The standard InChI is InChI=1S/C15H22Cl2N2/c1-2-3-4-5-8-19-13(11-18)9-12-6-7-14(16)15(17)10-12/h6-7,10H,2-5,8-9,11,18H2,1H3. The third kappa shape index (κ3) is 6.42. The van der Waals surface area contributed by atoms with E-state index in [0.717, 1.165) is 30.7 Å². The van der Waals surface area contributed by atoms with Gasteiger partial charge in [0.15, 0.2) is 0 Å². The van der Waals surface area contributed by atoms with Gasteiger partial charge in [0, 0.05) is 25.2 Å². The summed E-state index contributed by atoms with van der Waals surface area (Å²) in [6.45, 7) is 3.57. The second-order valence-corrected chi connectivity index (χ2v) is 5.45. The first-order valence-electron chi connectivity index (χ1n) is 6.83. The highest BCUT2D eigenvalue weighted by atomic mass is 35.5. The molecule has 2 N–H and O–H groups in total. The molecule has 0 amide bonds. The van der Waals surface area contributed by atoms with Crippen molar-refractivity contribution in [3.05, 3.63) is 33.8 Å². The molecule has 0 aromatic heterocycles. The highest BCUT2D eigenvalue weighted by Crippen LogP contribution is 2.22. The average Bonchev–Trinajstić information content (AvgIpc) is 2.41. The quantitative estimate of drug-likeness (QED) is 0.556. The molecule has 2 nitrogen and oxygen atoms in total. The number of hydrogen-bond acceptors (Lipinski definition) is 2. The number of benzene rings is 1. The van der Waals surface area contributed by atoms with Gasteiger partial charge in [-0.2, -0.15) is 0 Å². The van der Waals surface area contributed by atoms with Crippen LogP contribution in [0.4, 0.5) is 0 Å². The number of nitrogens with two attached hydrogens (primary N) is 1. The van der Waals surface area contributed by atoms with Crippen LogP contribution in [0.1, 0.15) is 38.2 Å². The zero-order valence-electron chi connectivity index (χ0n) is 11.5. The molecule has 0 aliphatic rings. The lowest BCUT2D eigenvalue weighted by Crippen LogP contribution is -2.17. The predicted molar refractivity (Wildman–Crippen MR) is 85.7 cm³/mol. The van der Waals surface area contributed by atoms with E-state index in [4.69, 9.17) is 28.9 Å².